The van der Waals surface area contributed by atoms with Gasteiger partial charge in [0.1, 0.15) is 0 Å². The molecule has 1 aliphatic heterocycles. The summed E-state index contributed by atoms with van der Waals surface area (Å²) in [6.45, 7) is 4.38. The first-order valence-corrected chi connectivity index (χ1v) is 5.15. The van der Waals surface area contributed by atoms with E-state index in [1.807, 2.05) is 18.2 Å². The van der Waals surface area contributed by atoms with Crippen LogP contribution in [0, 0.1) is 0 Å². The molecule has 2 nitrogen and oxygen atoms in total. The Labute approximate surface area is 90.1 Å². The fraction of sp³-hybridized carbons (Fsp3) is 0.231. The summed E-state index contributed by atoms with van der Waals surface area (Å²) in [6.07, 6.45) is 4.69. The Hall–Kier alpha value is -1.38. The Morgan fingerprint density at radius 3 is 2.73 bits per heavy atom. The Morgan fingerprint density at radius 1 is 1.33 bits per heavy atom. The predicted octanol–water partition coefficient (Wildman–Crippen LogP) is 2.72. The van der Waals surface area contributed by atoms with Crippen LogP contribution in [-0.4, -0.2) is 22.9 Å². The fourth-order valence-corrected chi connectivity index (χ4v) is 1.84. The minimum Gasteiger partial charge on any atom is -0.313 e. The largest absolute Gasteiger partial charge is 0.313 e. The second kappa shape index (κ2) is 4.43. The third-order valence-electron chi connectivity index (χ3n) is 2.71. The maximum absolute atomic E-state index is 9.55. The molecule has 1 heterocycles. The minimum absolute atomic E-state index is 0.0612. The number of hydrogen-bond donors (Lipinski definition) is 1. The first-order valence-electron chi connectivity index (χ1n) is 5.15. The van der Waals surface area contributed by atoms with E-state index in [1.165, 1.54) is 16.2 Å². The van der Waals surface area contributed by atoms with Crippen LogP contribution in [0.3, 0.4) is 0 Å². The van der Waals surface area contributed by atoms with Gasteiger partial charge in [-0.3, -0.25) is 0 Å². The van der Waals surface area contributed by atoms with Crippen molar-refractivity contribution in [2.45, 2.75) is 12.5 Å². The molecule has 2 rings (SSSR count). The highest BCUT2D eigenvalue weighted by Gasteiger charge is 2.18. The van der Waals surface area contributed by atoms with Crippen LogP contribution in [0.25, 0.3) is 5.57 Å². The fourth-order valence-electron chi connectivity index (χ4n) is 1.84. The Balaban J connectivity index is 2.27. The maximum atomic E-state index is 9.55. The van der Waals surface area contributed by atoms with Gasteiger partial charge in [0.25, 0.3) is 0 Å². The number of benzene rings is 1. The van der Waals surface area contributed by atoms with E-state index >= 15 is 0 Å². The molecule has 1 aromatic rings. The van der Waals surface area contributed by atoms with Gasteiger partial charge in [-0.05, 0) is 17.6 Å². The van der Waals surface area contributed by atoms with Gasteiger partial charge in [0.05, 0.1) is 6.04 Å². The average Bonchev–Trinajstić information content (AvgIpc) is 2.31. The van der Waals surface area contributed by atoms with Crippen LogP contribution < -0.4 is 0 Å². The molecule has 2 heteroatoms. The number of hydroxylamine groups is 2. The SMILES string of the molecule is C=C[C@H]1C=C(c2ccccc2)CCN1O. The van der Waals surface area contributed by atoms with E-state index in [0.717, 1.165) is 6.42 Å². The molecule has 0 saturated heterocycles. The van der Waals surface area contributed by atoms with Crippen molar-refractivity contribution in [3.05, 3.63) is 54.6 Å². The normalized spacial score (nSPS) is 22.2. The van der Waals surface area contributed by atoms with E-state index in [0.29, 0.717) is 6.54 Å². The van der Waals surface area contributed by atoms with Crippen LogP contribution >= 0.6 is 0 Å². The molecule has 1 aliphatic rings. The summed E-state index contributed by atoms with van der Waals surface area (Å²) in [7, 11) is 0. The van der Waals surface area contributed by atoms with Crippen LogP contribution in [0.5, 0.6) is 0 Å². The highest BCUT2D eigenvalue weighted by molar-refractivity contribution is 5.67. The molecule has 78 valence electrons. The van der Waals surface area contributed by atoms with Crippen LogP contribution in [0.2, 0.25) is 0 Å². The summed E-state index contributed by atoms with van der Waals surface area (Å²) in [4.78, 5) is 0. The third-order valence-corrected chi connectivity index (χ3v) is 2.71. The zero-order valence-electron chi connectivity index (χ0n) is 8.63. The Kier molecular flexibility index (Phi) is 2.99. The van der Waals surface area contributed by atoms with Gasteiger partial charge in [-0.2, -0.15) is 5.06 Å². The van der Waals surface area contributed by atoms with Crippen molar-refractivity contribution >= 4 is 5.57 Å². The molecule has 0 radical (unpaired) electrons. The van der Waals surface area contributed by atoms with Crippen molar-refractivity contribution in [2.24, 2.45) is 0 Å². The summed E-state index contributed by atoms with van der Waals surface area (Å²) in [5, 5.41) is 10.9. The number of hydrogen-bond acceptors (Lipinski definition) is 2. The smallest absolute Gasteiger partial charge is 0.0714 e. The van der Waals surface area contributed by atoms with Gasteiger partial charge in [-0.1, -0.05) is 42.5 Å². The van der Waals surface area contributed by atoms with Crippen molar-refractivity contribution in [3.63, 3.8) is 0 Å². The zero-order valence-corrected chi connectivity index (χ0v) is 8.63. The van der Waals surface area contributed by atoms with Gasteiger partial charge in [0.2, 0.25) is 0 Å². The number of rotatable bonds is 2. The minimum atomic E-state index is -0.0612. The van der Waals surface area contributed by atoms with E-state index in [4.69, 9.17) is 0 Å². The van der Waals surface area contributed by atoms with E-state index in [-0.39, 0.29) is 6.04 Å². The van der Waals surface area contributed by atoms with E-state index in [1.54, 1.807) is 6.08 Å². The molecule has 0 bridgehead atoms. The first-order chi connectivity index (χ1) is 7.31. The molecule has 0 fully saturated rings. The second-order valence-corrected chi connectivity index (χ2v) is 3.70. The van der Waals surface area contributed by atoms with Gasteiger partial charge < -0.3 is 5.21 Å². The molecule has 0 aromatic heterocycles. The van der Waals surface area contributed by atoms with Crippen LogP contribution in [0.15, 0.2) is 49.1 Å². The van der Waals surface area contributed by atoms with Crippen molar-refractivity contribution in [2.75, 3.05) is 6.54 Å². The molecule has 1 aromatic carbocycles. The molecular formula is C13H15NO. The molecule has 0 aliphatic carbocycles. The highest BCUT2D eigenvalue weighted by Crippen LogP contribution is 2.24. The molecular weight excluding hydrogens is 186 g/mol. The number of nitrogens with zero attached hydrogens (tertiary/aromatic N) is 1. The quantitative estimate of drug-likeness (QED) is 0.744. The molecule has 0 saturated carbocycles. The monoisotopic (exact) mass is 201 g/mol. The lowest BCUT2D eigenvalue weighted by molar-refractivity contribution is -0.102. The predicted molar refractivity (Wildman–Crippen MR) is 61.5 cm³/mol. The maximum Gasteiger partial charge on any atom is 0.0714 e. The lowest BCUT2D eigenvalue weighted by Crippen LogP contribution is -2.33. The van der Waals surface area contributed by atoms with Crippen molar-refractivity contribution < 1.29 is 5.21 Å². The lowest BCUT2D eigenvalue weighted by Gasteiger charge is -2.27. The van der Waals surface area contributed by atoms with Crippen molar-refractivity contribution in [1.82, 2.24) is 5.06 Å². The Morgan fingerprint density at radius 2 is 2.07 bits per heavy atom. The molecule has 0 amide bonds. The summed E-state index contributed by atoms with van der Waals surface area (Å²) < 4.78 is 0. The van der Waals surface area contributed by atoms with Crippen molar-refractivity contribution in [3.8, 4) is 0 Å². The van der Waals surface area contributed by atoms with Crippen molar-refractivity contribution in [1.29, 1.82) is 0 Å². The van der Waals surface area contributed by atoms with Gasteiger partial charge in [0.15, 0.2) is 0 Å². The first kappa shape index (κ1) is 10.1. The molecule has 0 unspecified atom stereocenters. The van der Waals surface area contributed by atoms with Gasteiger partial charge in [-0.15, -0.1) is 6.58 Å². The lowest BCUT2D eigenvalue weighted by atomic mass is 9.97. The standard InChI is InChI=1S/C13H15NO/c1-2-13-10-12(8-9-14(13)15)11-6-4-3-5-7-11/h2-7,10,13,15H,1,8-9H2/t13-/m0/s1. The summed E-state index contributed by atoms with van der Waals surface area (Å²) in [5.41, 5.74) is 2.52. The van der Waals surface area contributed by atoms with E-state index in [2.05, 4.69) is 24.8 Å². The van der Waals surface area contributed by atoms with Gasteiger partial charge >= 0.3 is 0 Å². The van der Waals surface area contributed by atoms with Gasteiger partial charge in [0, 0.05) is 6.54 Å². The van der Waals surface area contributed by atoms with Crippen LogP contribution in [0.4, 0.5) is 0 Å². The summed E-state index contributed by atoms with van der Waals surface area (Å²) >= 11 is 0. The summed E-state index contributed by atoms with van der Waals surface area (Å²) in [6, 6.07) is 10.2. The molecule has 15 heavy (non-hydrogen) atoms. The highest BCUT2D eigenvalue weighted by atomic mass is 16.5. The molecule has 0 spiro atoms. The second-order valence-electron chi connectivity index (χ2n) is 3.70. The third kappa shape index (κ3) is 2.17. The average molecular weight is 201 g/mol. The van der Waals surface area contributed by atoms with Crippen LogP contribution in [-0.2, 0) is 0 Å². The molecule has 1 N–H and O–H groups in total. The Bertz CT molecular complexity index is 369. The van der Waals surface area contributed by atoms with Gasteiger partial charge in [-0.25, -0.2) is 0 Å². The van der Waals surface area contributed by atoms with E-state index in [9.17, 15) is 5.21 Å². The molecule has 1 atom stereocenters. The topological polar surface area (TPSA) is 23.5 Å². The summed E-state index contributed by atoms with van der Waals surface area (Å²) in [5.74, 6) is 0. The van der Waals surface area contributed by atoms with E-state index < -0.39 is 0 Å². The zero-order chi connectivity index (χ0) is 10.7. The van der Waals surface area contributed by atoms with Crippen LogP contribution in [0.1, 0.15) is 12.0 Å².